The van der Waals surface area contributed by atoms with Crippen LogP contribution in [-0.4, -0.2) is 66.9 Å². The standard InChI is InChI=1S/C24H26N4O6/c1-28-10-17(16-7-21(25-9-19(16)28)27-23(29)30-2)18-8-20(34-14-11-32-12-14)15-3-5-33-24(22(15)26-18)4-6-31-13-24/h7-10,14H,3-6,11-13H2,1-2H3,(H,25,27,29). The zero-order chi connectivity index (χ0) is 23.3. The first-order chi connectivity index (χ1) is 16.6. The van der Waals surface area contributed by atoms with E-state index in [1.54, 1.807) is 6.20 Å². The van der Waals surface area contributed by atoms with E-state index < -0.39 is 11.7 Å². The van der Waals surface area contributed by atoms with Crippen molar-refractivity contribution < 1.29 is 28.5 Å². The third kappa shape index (κ3) is 3.49. The molecule has 3 aliphatic heterocycles. The number of hydrogen-bond donors (Lipinski definition) is 1. The largest absolute Gasteiger partial charge is 0.485 e. The van der Waals surface area contributed by atoms with Crippen molar-refractivity contribution in [2.75, 3.05) is 45.5 Å². The van der Waals surface area contributed by atoms with Crippen molar-refractivity contribution in [2.24, 2.45) is 7.05 Å². The lowest BCUT2D eigenvalue weighted by Crippen LogP contribution is -2.40. The van der Waals surface area contributed by atoms with Crippen LogP contribution in [0.25, 0.3) is 22.2 Å². The molecule has 34 heavy (non-hydrogen) atoms. The molecule has 1 amide bonds. The van der Waals surface area contributed by atoms with E-state index >= 15 is 0 Å². The molecular weight excluding hydrogens is 440 g/mol. The predicted octanol–water partition coefficient (Wildman–Crippen LogP) is 2.78. The number of hydrogen-bond acceptors (Lipinski definition) is 8. The molecule has 3 aromatic rings. The van der Waals surface area contributed by atoms with Gasteiger partial charge in [-0.25, -0.2) is 14.8 Å². The third-order valence-electron chi connectivity index (χ3n) is 6.70. The Morgan fingerprint density at radius 1 is 1.26 bits per heavy atom. The number of carbonyl (C=O) groups is 1. The summed E-state index contributed by atoms with van der Waals surface area (Å²) in [6.07, 6.45) is 4.69. The van der Waals surface area contributed by atoms with E-state index in [4.69, 9.17) is 28.7 Å². The molecule has 6 heterocycles. The summed E-state index contributed by atoms with van der Waals surface area (Å²) in [6.45, 7) is 2.90. The van der Waals surface area contributed by atoms with Gasteiger partial charge in [-0.15, -0.1) is 0 Å². The summed E-state index contributed by atoms with van der Waals surface area (Å²) in [5.74, 6) is 1.22. The molecule has 0 aliphatic carbocycles. The summed E-state index contributed by atoms with van der Waals surface area (Å²) < 4.78 is 30.4. The van der Waals surface area contributed by atoms with Crippen LogP contribution in [0.1, 0.15) is 17.7 Å². The number of aryl methyl sites for hydroxylation is 1. The molecule has 0 aromatic carbocycles. The highest BCUT2D eigenvalue weighted by molar-refractivity contribution is 5.97. The molecule has 2 fully saturated rings. The van der Waals surface area contributed by atoms with Crippen molar-refractivity contribution in [2.45, 2.75) is 24.5 Å². The van der Waals surface area contributed by atoms with Gasteiger partial charge in [-0.3, -0.25) is 5.32 Å². The molecule has 178 valence electrons. The molecule has 10 nitrogen and oxygen atoms in total. The fraction of sp³-hybridized carbons (Fsp3) is 0.458. The van der Waals surface area contributed by atoms with Gasteiger partial charge in [0.15, 0.2) is 0 Å². The molecule has 10 heteroatoms. The van der Waals surface area contributed by atoms with Crippen molar-refractivity contribution >= 4 is 22.8 Å². The van der Waals surface area contributed by atoms with Crippen LogP contribution < -0.4 is 10.1 Å². The van der Waals surface area contributed by atoms with Gasteiger partial charge in [-0.2, -0.15) is 0 Å². The highest BCUT2D eigenvalue weighted by Crippen LogP contribution is 2.44. The predicted molar refractivity (Wildman–Crippen MR) is 122 cm³/mol. The van der Waals surface area contributed by atoms with Gasteiger partial charge in [0.1, 0.15) is 23.3 Å². The summed E-state index contributed by atoms with van der Waals surface area (Å²) in [5.41, 5.74) is 4.01. The summed E-state index contributed by atoms with van der Waals surface area (Å²) in [4.78, 5) is 21.2. The molecule has 1 atom stereocenters. The number of fused-ring (bicyclic) bond motifs is 3. The van der Waals surface area contributed by atoms with Gasteiger partial charge in [0, 0.05) is 55.3 Å². The van der Waals surface area contributed by atoms with E-state index in [0.717, 1.165) is 52.0 Å². The molecular formula is C24H26N4O6. The second kappa shape index (κ2) is 8.23. The number of rotatable bonds is 4. The molecule has 0 bridgehead atoms. The lowest BCUT2D eigenvalue weighted by molar-refractivity contribution is -0.0836. The van der Waals surface area contributed by atoms with Gasteiger partial charge in [0.2, 0.25) is 0 Å². The smallest absolute Gasteiger partial charge is 0.412 e. The number of methoxy groups -OCH3 is 1. The first-order valence-electron chi connectivity index (χ1n) is 11.4. The maximum atomic E-state index is 11.7. The number of aromatic nitrogens is 3. The molecule has 6 rings (SSSR count). The molecule has 0 saturated carbocycles. The van der Waals surface area contributed by atoms with Crippen molar-refractivity contribution in [3.63, 3.8) is 0 Å². The monoisotopic (exact) mass is 466 g/mol. The highest BCUT2D eigenvalue weighted by atomic mass is 16.6. The highest BCUT2D eigenvalue weighted by Gasteiger charge is 2.44. The van der Waals surface area contributed by atoms with Crippen LogP contribution in [-0.2, 0) is 38.0 Å². The molecule has 1 N–H and O–H groups in total. The number of ether oxygens (including phenoxy) is 5. The van der Waals surface area contributed by atoms with Gasteiger partial charge in [-0.05, 0) is 6.07 Å². The Morgan fingerprint density at radius 2 is 2.15 bits per heavy atom. The second-order valence-electron chi connectivity index (χ2n) is 8.86. The van der Waals surface area contributed by atoms with Crippen molar-refractivity contribution in [1.29, 1.82) is 0 Å². The Kier molecular flexibility index (Phi) is 5.16. The van der Waals surface area contributed by atoms with E-state index in [9.17, 15) is 4.79 Å². The Balaban J connectivity index is 1.51. The number of amides is 1. The lowest BCUT2D eigenvalue weighted by Gasteiger charge is -2.36. The van der Waals surface area contributed by atoms with Crippen LogP contribution >= 0.6 is 0 Å². The van der Waals surface area contributed by atoms with Crippen molar-refractivity contribution in [1.82, 2.24) is 14.5 Å². The second-order valence-corrected chi connectivity index (χ2v) is 8.86. The first-order valence-corrected chi connectivity index (χ1v) is 11.4. The number of pyridine rings is 2. The lowest BCUT2D eigenvalue weighted by atomic mass is 9.89. The molecule has 3 aliphatic rings. The van der Waals surface area contributed by atoms with Gasteiger partial charge in [-0.1, -0.05) is 0 Å². The quantitative estimate of drug-likeness (QED) is 0.626. The zero-order valence-electron chi connectivity index (χ0n) is 19.1. The summed E-state index contributed by atoms with van der Waals surface area (Å²) >= 11 is 0. The molecule has 3 aromatic heterocycles. The summed E-state index contributed by atoms with van der Waals surface area (Å²) in [6, 6.07) is 3.84. The maximum Gasteiger partial charge on any atom is 0.412 e. The summed E-state index contributed by atoms with van der Waals surface area (Å²) in [5, 5.41) is 3.54. The Bertz CT molecular complexity index is 1260. The van der Waals surface area contributed by atoms with Crippen LogP contribution in [0.4, 0.5) is 10.6 Å². The first kappa shape index (κ1) is 21.3. The molecule has 1 spiro atoms. The fourth-order valence-electron chi connectivity index (χ4n) is 4.84. The van der Waals surface area contributed by atoms with E-state index in [2.05, 4.69) is 10.3 Å². The third-order valence-corrected chi connectivity index (χ3v) is 6.70. The minimum absolute atomic E-state index is 0.0329. The Morgan fingerprint density at radius 3 is 2.88 bits per heavy atom. The normalized spacial score (nSPS) is 21.9. The van der Waals surface area contributed by atoms with Crippen LogP contribution in [0.5, 0.6) is 5.75 Å². The average Bonchev–Trinajstić information content (AvgIpc) is 3.41. The molecule has 2 saturated heterocycles. The number of nitrogens with one attached hydrogen (secondary N) is 1. The SMILES string of the molecule is COC(=O)Nc1cc2c(-c3cc(OC4COC4)c4c(n3)C3(CCOC3)OCC4)cn(C)c2cn1. The minimum Gasteiger partial charge on any atom is -0.485 e. The Labute approximate surface area is 196 Å². The van der Waals surface area contributed by atoms with E-state index in [1.165, 1.54) is 7.11 Å². The van der Waals surface area contributed by atoms with Crippen molar-refractivity contribution in [3.05, 3.63) is 35.8 Å². The number of nitrogens with zero attached hydrogens (tertiary/aromatic N) is 3. The van der Waals surface area contributed by atoms with Gasteiger partial charge in [0.05, 0.1) is 56.6 Å². The number of carbonyl (C=O) groups excluding carboxylic acids is 1. The van der Waals surface area contributed by atoms with Gasteiger partial charge < -0.3 is 28.3 Å². The topological polar surface area (TPSA) is 106 Å². The van der Waals surface area contributed by atoms with Crippen LogP contribution in [0.3, 0.4) is 0 Å². The summed E-state index contributed by atoms with van der Waals surface area (Å²) in [7, 11) is 3.27. The van der Waals surface area contributed by atoms with Gasteiger partial charge >= 0.3 is 6.09 Å². The van der Waals surface area contributed by atoms with Gasteiger partial charge in [0.25, 0.3) is 0 Å². The van der Waals surface area contributed by atoms with Crippen LogP contribution in [0.2, 0.25) is 0 Å². The Hall–Kier alpha value is -3.21. The van der Waals surface area contributed by atoms with Crippen LogP contribution in [0.15, 0.2) is 24.5 Å². The number of anilines is 1. The van der Waals surface area contributed by atoms with E-state index in [0.29, 0.717) is 38.9 Å². The molecule has 1 unspecified atom stereocenters. The van der Waals surface area contributed by atoms with E-state index in [1.807, 2.05) is 29.9 Å². The minimum atomic E-state index is -0.574. The maximum absolute atomic E-state index is 11.7. The zero-order valence-corrected chi connectivity index (χ0v) is 19.1. The van der Waals surface area contributed by atoms with Crippen LogP contribution in [0, 0.1) is 0 Å². The molecule has 0 radical (unpaired) electrons. The average molecular weight is 466 g/mol. The van der Waals surface area contributed by atoms with E-state index in [-0.39, 0.29) is 6.10 Å². The van der Waals surface area contributed by atoms with Crippen molar-refractivity contribution in [3.8, 4) is 17.0 Å². The fourth-order valence-corrected chi connectivity index (χ4v) is 4.84.